The second-order valence-corrected chi connectivity index (χ2v) is 7.05. The van der Waals surface area contributed by atoms with Crippen LogP contribution < -0.4 is 10.2 Å². The summed E-state index contributed by atoms with van der Waals surface area (Å²) in [6.07, 6.45) is 0. The van der Waals surface area contributed by atoms with Crippen molar-refractivity contribution in [2.45, 2.75) is 38.9 Å². The van der Waals surface area contributed by atoms with Crippen molar-refractivity contribution in [1.82, 2.24) is 0 Å². The zero-order valence-corrected chi connectivity index (χ0v) is 13.3. The number of ether oxygens (including phenoxy) is 1. The van der Waals surface area contributed by atoms with E-state index in [4.69, 9.17) is 14.0 Å². The third kappa shape index (κ3) is 2.05. The molecule has 1 aliphatic rings. The smallest absolute Gasteiger partial charge is 0.496 e. The Morgan fingerprint density at radius 2 is 1.75 bits per heavy atom. The highest BCUT2D eigenvalue weighted by atomic mass is 32.1. The molecule has 0 radical (unpaired) electrons. The second-order valence-electron chi connectivity index (χ2n) is 6.14. The average Bonchev–Trinajstić information content (AvgIpc) is 2.87. The Morgan fingerprint density at radius 1 is 1.10 bits per heavy atom. The SMILES string of the molecule is COc1ccc2c(B3OC(C)(C)C(C)(C)O3)csc2c1. The van der Waals surface area contributed by atoms with Gasteiger partial charge in [0.05, 0.1) is 18.3 Å². The van der Waals surface area contributed by atoms with Gasteiger partial charge >= 0.3 is 7.12 Å². The first-order valence-corrected chi connectivity index (χ1v) is 7.63. The van der Waals surface area contributed by atoms with Gasteiger partial charge in [0.25, 0.3) is 0 Å². The minimum atomic E-state index is -0.307. The maximum atomic E-state index is 6.13. The first kappa shape index (κ1) is 13.9. The van der Waals surface area contributed by atoms with Gasteiger partial charge < -0.3 is 14.0 Å². The van der Waals surface area contributed by atoms with Crippen LogP contribution in [0.2, 0.25) is 0 Å². The number of fused-ring (bicyclic) bond motifs is 1. The number of methoxy groups -OCH3 is 1. The van der Waals surface area contributed by atoms with Crippen molar-refractivity contribution in [3.8, 4) is 5.75 Å². The van der Waals surface area contributed by atoms with Crippen molar-refractivity contribution >= 4 is 34.0 Å². The third-order valence-corrected chi connectivity index (χ3v) is 5.28. The average molecular weight is 290 g/mol. The van der Waals surface area contributed by atoms with Gasteiger partial charge in [0.15, 0.2) is 0 Å². The molecule has 1 aromatic heterocycles. The molecule has 1 fully saturated rings. The normalized spacial score (nSPS) is 20.6. The third-order valence-electron chi connectivity index (χ3n) is 4.32. The Kier molecular flexibility index (Phi) is 3.12. The van der Waals surface area contributed by atoms with Gasteiger partial charge in [-0.25, -0.2) is 0 Å². The maximum Gasteiger partial charge on any atom is 0.496 e. The second kappa shape index (κ2) is 4.48. The molecule has 2 heterocycles. The molecule has 0 saturated carbocycles. The molecule has 2 aromatic rings. The Balaban J connectivity index is 2.00. The van der Waals surface area contributed by atoms with Crippen LogP contribution in [-0.4, -0.2) is 25.4 Å². The molecule has 0 N–H and O–H groups in total. The molecule has 5 heteroatoms. The highest BCUT2D eigenvalue weighted by Crippen LogP contribution is 2.37. The van der Waals surface area contributed by atoms with Gasteiger partial charge in [-0.1, -0.05) is 6.07 Å². The maximum absolute atomic E-state index is 6.13. The lowest BCUT2D eigenvalue weighted by molar-refractivity contribution is 0.00578. The van der Waals surface area contributed by atoms with Gasteiger partial charge in [0, 0.05) is 10.2 Å². The van der Waals surface area contributed by atoms with E-state index in [1.54, 1.807) is 18.4 Å². The molecule has 1 aromatic carbocycles. The topological polar surface area (TPSA) is 27.7 Å². The molecule has 0 amide bonds. The predicted octanol–water partition coefficient (Wildman–Crippen LogP) is 3.21. The van der Waals surface area contributed by atoms with Gasteiger partial charge in [-0.3, -0.25) is 0 Å². The van der Waals surface area contributed by atoms with Crippen LogP contribution in [0.1, 0.15) is 27.7 Å². The molecule has 3 rings (SSSR count). The summed E-state index contributed by atoms with van der Waals surface area (Å²) in [5, 5.41) is 3.29. The van der Waals surface area contributed by atoms with E-state index in [0.29, 0.717) is 0 Å². The molecule has 1 saturated heterocycles. The van der Waals surface area contributed by atoms with Crippen molar-refractivity contribution in [2.24, 2.45) is 0 Å². The highest BCUT2D eigenvalue weighted by molar-refractivity contribution is 7.18. The standard InChI is InChI=1S/C15H19BO3S/c1-14(2)15(3,4)19-16(18-14)12-9-20-13-8-10(17-5)6-7-11(12)13/h6-9H,1-5H3. The molecule has 0 atom stereocenters. The van der Waals surface area contributed by atoms with Crippen LogP contribution in [0.4, 0.5) is 0 Å². The van der Waals surface area contributed by atoms with Crippen LogP contribution in [0.15, 0.2) is 23.6 Å². The van der Waals surface area contributed by atoms with Crippen LogP contribution >= 0.6 is 11.3 Å². The van der Waals surface area contributed by atoms with Crippen LogP contribution in [-0.2, 0) is 9.31 Å². The largest absolute Gasteiger partial charge is 0.497 e. The molecule has 3 nitrogen and oxygen atoms in total. The van der Waals surface area contributed by atoms with E-state index < -0.39 is 0 Å². The summed E-state index contributed by atoms with van der Waals surface area (Å²) in [4.78, 5) is 0. The Labute approximate surface area is 124 Å². The minimum absolute atomic E-state index is 0.304. The van der Waals surface area contributed by atoms with E-state index in [1.165, 1.54) is 10.1 Å². The van der Waals surface area contributed by atoms with E-state index in [0.717, 1.165) is 11.2 Å². The van der Waals surface area contributed by atoms with Crippen molar-refractivity contribution in [1.29, 1.82) is 0 Å². The lowest BCUT2D eigenvalue weighted by Gasteiger charge is -2.32. The van der Waals surface area contributed by atoms with E-state index in [1.807, 2.05) is 6.07 Å². The number of hydrogen-bond acceptors (Lipinski definition) is 4. The Bertz CT molecular complexity index is 632. The quantitative estimate of drug-likeness (QED) is 0.795. The number of rotatable bonds is 2. The number of hydrogen-bond donors (Lipinski definition) is 0. The molecule has 1 aliphatic heterocycles. The Morgan fingerprint density at radius 3 is 2.35 bits per heavy atom. The lowest BCUT2D eigenvalue weighted by atomic mass is 9.79. The molecule has 0 bridgehead atoms. The first-order chi connectivity index (χ1) is 9.34. The Hall–Kier alpha value is -1.04. The summed E-state index contributed by atoms with van der Waals surface area (Å²) < 4.78 is 18.7. The molecular weight excluding hydrogens is 271 g/mol. The molecule has 0 aliphatic carbocycles. The van der Waals surface area contributed by atoms with Gasteiger partial charge in [0.2, 0.25) is 0 Å². The minimum Gasteiger partial charge on any atom is -0.497 e. The number of benzene rings is 1. The van der Waals surface area contributed by atoms with E-state index in [2.05, 4.69) is 45.2 Å². The summed E-state index contributed by atoms with van der Waals surface area (Å²) in [6.45, 7) is 8.30. The summed E-state index contributed by atoms with van der Waals surface area (Å²) >= 11 is 1.69. The van der Waals surface area contributed by atoms with Crippen molar-refractivity contribution < 1.29 is 14.0 Å². The summed E-state index contributed by atoms with van der Waals surface area (Å²) in [6, 6.07) is 6.10. The fourth-order valence-electron chi connectivity index (χ4n) is 2.31. The summed E-state index contributed by atoms with van der Waals surface area (Å²) in [5.74, 6) is 0.875. The van der Waals surface area contributed by atoms with Gasteiger partial charge in [-0.15, -0.1) is 11.3 Å². The molecule has 0 spiro atoms. The molecule has 20 heavy (non-hydrogen) atoms. The van der Waals surface area contributed by atoms with Crippen LogP contribution in [0.25, 0.3) is 10.1 Å². The summed E-state index contributed by atoms with van der Waals surface area (Å²) in [7, 11) is 1.38. The summed E-state index contributed by atoms with van der Waals surface area (Å²) in [5.41, 5.74) is 0.489. The highest BCUT2D eigenvalue weighted by Gasteiger charge is 2.52. The molecule has 106 valence electrons. The van der Waals surface area contributed by atoms with Crippen LogP contribution in [0, 0.1) is 0 Å². The zero-order valence-electron chi connectivity index (χ0n) is 12.5. The molecule has 0 unspecified atom stereocenters. The zero-order chi connectivity index (χ0) is 14.5. The number of thiophene rings is 1. The lowest BCUT2D eigenvalue weighted by Crippen LogP contribution is -2.41. The van der Waals surface area contributed by atoms with Crippen molar-refractivity contribution in [3.05, 3.63) is 23.6 Å². The van der Waals surface area contributed by atoms with Gasteiger partial charge in [-0.05, 0) is 50.6 Å². The first-order valence-electron chi connectivity index (χ1n) is 6.75. The fourth-order valence-corrected chi connectivity index (χ4v) is 3.30. The van der Waals surface area contributed by atoms with Gasteiger partial charge in [-0.2, -0.15) is 0 Å². The van der Waals surface area contributed by atoms with Crippen LogP contribution in [0.3, 0.4) is 0 Å². The predicted molar refractivity (Wildman–Crippen MR) is 84.1 cm³/mol. The van der Waals surface area contributed by atoms with Crippen molar-refractivity contribution in [2.75, 3.05) is 7.11 Å². The van der Waals surface area contributed by atoms with E-state index >= 15 is 0 Å². The van der Waals surface area contributed by atoms with Crippen molar-refractivity contribution in [3.63, 3.8) is 0 Å². The van der Waals surface area contributed by atoms with E-state index in [9.17, 15) is 0 Å². The monoisotopic (exact) mass is 290 g/mol. The van der Waals surface area contributed by atoms with E-state index in [-0.39, 0.29) is 18.3 Å². The molecular formula is C15H19BO3S. The van der Waals surface area contributed by atoms with Crippen LogP contribution in [0.5, 0.6) is 5.75 Å². The fraction of sp³-hybridized carbons (Fsp3) is 0.467. The van der Waals surface area contributed by atoms with Gasteiger partial charge in [0.1, 0.15) is 5.75 Å².